The standard InChI is InChI=1S/C18H28O2/c1-5-13(2)14-8-10-15(11-9-14)20-16-7-6-12-18(3,4)17(16)19/h8-11,13,16-17,19H,5-7,12H2,1-4H3. The molecular formula is C18H28O2. The second-order valence-electron chi connectivity index (χ2n) is 6.86. The first-order valence-corrected chi connectivity index (χ1v) is 7.88. The Hall–Kier alpha value is -1.02. The van der Waals surface area contributed by atoms with Gasteiger partial charge in [-0.15, -0.1) is 0 Å². The molecule has 0 radical (unpaired) electrons. The Morgan fingerprint density at radius 1 is 1.30 bits per heavy atom. The highest BCUT2D eigenvalue weighted by molar-refractivity contribution is 5.29. The van der Waals surface area contributed by atoms with Crippen LogP contribution in [0.15, 0.2) is 24.3 Å². The van der Waals surface area contributed by atoms with E-state index in [1.165, 1.54) is 5.56 Å². The van der Waals surface area contributed by atoms with Gasteiger partial charge in [-0.1, -0.05) is 39.8 Å². The van der Waals surface area contributed by atoms with Crippen LogP contribution in [0.25, 0.3) is 0 Å². The number of benzene rings is 1. The molecule has 0 saturated heterocycles. The van der Waals surface area contributed by atoms with Crippen LogP contribution < -0.4 is 4.74 Å². The highest BCUT2D eigenvalue weighted by atomic mass is 16.5. The molecule has 0 amide bonds. The molecule has 20 heavy (non-hydrogen) atoms. The van der Waals surface area contributed by atoms with E-state index in [-0.39, 0.29) is 17.6 Å². The Balaban J connectivity index is 2.03. The van der Waals surface area contributed by atoms with Crippen molar-refractivity contribution in [2.45, 2.75) is 71.5 Å². The lowest BCUT2D eigenvalue weighted by molar-refractivity contribution is -0.0689. The minimum Gasteiger partial charge on any atom is -0.488 e. The molecule has 0 heterocycles. The molecule has 1 saturated carbocycles. The molecular weight excluding hydrogens is 248 g/mol. The van der Waals surface area contributed by atoms with E-state index >= 15 is 0 Å². The third-order valence-corrected chi connectivity index (χ3v) is 4.81. The second-order valence-corrected chi connectivity index (χ2v) is 6.86. The van der Waals surface area contributed by atoms with Crippen LogP contribution in [0.3, 0.4) is 0 Å². The fourth-order valence-electron chi connectivity index (χ4n) is 2.98. The summed E-state index contributed by atoms with van der Waals surface area (Å²) in [5.41, 5.74) is 1.31. The van der Waals surface area contributed by atoms with Gasteiger partial charge in [0.15, 0.2) is 0 Å². The summed E-state index contributed by atoms with van der Waals surface area (Å²) in [7, 11) is 0. The maximum absolute atomic E-state index is 10.4. The summed E-state index contributed by atoms with van der Waals surface area (Å²) in [6.45, 7) is 8.69. The van der Waals surface area contributed by atoms with Crippen LogP contribution in [0.5, 0.6) is 5.75 Å². The van der Waals surface area contributed by atoms with Gasteiger partial charge in [-0.25, -0.2) is 0 Å². The lowest BCUT2D eigenvalue weighted by atomic mass is 9.73. The Bertz CT molecular complexity index is 422. The lowest BCUT2D eigenvalue weighted by Crippen LogP contribution is -2.46. The Kier molecular flexibility index (Phi) is 4.74. The molecule has 1 aromatic rings. The van der Waals surface area contributed by atoms with E-state index < -0.39 is 0 Å². The third kappa shape index (κ3) is 3.35. The summed E-state index contributed by atoms with van der Waals surface area (Å²) in [5.74, 6) is 1.46. The minimum atomic E-state index is -0.384. The van der Waals surface area contributed by atoms with E-state index in [4.69, 9.17) is 4.74 Å². The van der Waals surface area contributed by atoms with Crippen LogP contribution in [-0.2, 0) is 0 Å². The fraction of sp³-hybridized carbons (Fsp3) is 0.667. The van der Waals surface area contributed by atoms with Gasteiger partial charge in [0, 0.05) is 0 Å². The highest BCUT2D eigenvalue weighted by Crippen LogP contribution is 2.37. The zero-order chi connectivity index (χ0) is 14.8. The average molecular weight is 276 g/mol. The van der Waals surface area contributed by atoms with Crippen LogP contribution in [-0.4, -0.2) is 17.3 Å². The Morgan fingerprint density at radius 3 is 2.55 bits per heavy atom. The van der Waals surface area contributed by atoms with Crippen LogP contribution in [0.1, 0.15) is 64.9 Å². The molecule has 0 aliphatic heterocycles. The second kappa shape index (κ2) is 6.17. The maximum Gasteiger partial charge on any atom is 0.125 e. The van der Waals surface area contributed by atoms with Gasteiger partial charge in [-0.05, 0) is 54.7 Å². The van der Waals surface area contributed by atoms with E-state index in [0.717, 1.165) is 31.4 Å². The van der Waals surface area contributed by atoms with Crippen molar-refractivity contribution in [1.82, 2.24) is 0 Å². The molecule has 3 unspecified atom stereocenters. The molecule has 0 aromatic heterocycles. The topological polar surface area (TPSA) is 29.5 Å². The number of hydrogen-bond acceptors (Lipinski definition) is 2. The molecule has 1 aromatic carbocycles. The quantitative estimate of drug-likeness (QED) is 0.876. The molecule has 3 atom stereocenters. The molecule has 2 heteroatoms. The molecule has 112 valence electrons. The first-order chi connectivity index (χ1) is 9.44. The molecule has 1 aliphatic rings. The minimum absolute atomic E-state index is 0.0421. The SMILES string of the molecule is CCC(C)c1ccc(OC2CCCC(C)(C)C2O)cc1. The van der Waals surface area contributed by atoms with E-state index in [1.807, 2.05) is 12.1 Å². The van der Waals surface area contributed by atoms with Crippen LogP contribution in [0.4, 0.5) is 0 Å². The number of ether oxygens (including phenoxy) is 1. The average Bonchev–Trinajstić information content (AvgIpc) is 2.44. The van der Waals surface area contributed by atoms with Gasteiger partial charge < -0.3 is 9.84 Å². The molecule has 1 fully saturated rings. The molecule has 0 spiro atoms. The van der Waals surface area contributed by atoms with Crippen molar-refractivity contribution in [3.8, 4) is 5.75 Å². The molecule has 2 rings (SSSR count). The van der Waals surface area contributed by atoms with Crippen molar-refractivity contribution < 1.29 is 9.84 Å². The monoisotopic (exact) mass is 276 g/mol. The first-order valence-electron chi connectivity index (χ1n) is 7.88. The first kappa shape index (κ1) is 15.4. The predicted molar refractivity (Wildman–Crippen MR) is 83.2 cm³/mol. The number of rotatable bonds is 4. The zero-order valence-corrected chi connectivity index (χ0v) is 13.2. The van der Waals surface area contributed by atoms with Crippen molar-refractivity contribution in [3.05, 3.63) is 29.8 Å². The predicted octanol–water partition coefficient (Wildman–Crippen LogP) is 4.52. The number of hydrogen-bond donors (Lipinski definition) is 1. The fourth-order valence-corrected chi connectivity index (χ4v) is 2.98. The summed E-state index contributed by atoms with van der Waals surface area (Å²) >= 11 is 0. The van der Waals surface area contributed by atoms with Crippen molar-refractivity contribution in [3.63, 3.8) is 0 Å². The summed E-state index contributed by atoms with van der Waals surface area (Å²) in [6, 6.07) is 8.36. The van der Waals surface area contributed by atoms with Gasteiger partial charge in [-0.3, -0.25) is 0 Å². The summed E-state index contributed by atoms with van der Waals surface area (Å²) in [4.78, 5) is 0. The maximum atomic E-state index is 10.4. The van der Waals surface area contributed by atoms with E-state index in [9.17, 15) is 5.11 Å². The number of aliphatic hydroxyl groups excluding tert-OH is 1. The largest absolute Gasteiger partial charge is 0.488 e. The highest BCUT2D eigenvalue weighted by Gasteiger charge is 2.39. The van der Waals surface area contributed by atoms with Gasteiger partial charge in [-0.2, -0.15) is 0 Å². The van der Waals surface area contributed by atoms with E-state index in [0.29, 0.717) is 5.92 Å². The van der Waals surface area contributed by atoms with Gasteiger partial charge >= 0.3 is 0 Å². The van der Waals surface area contributed by atoms with Gasteiger partial charge in [0.05, 0.1) is 6.10 Å². The van der Waals surface area contributed by atoms with Crippen LogP contribution in [0.2, 0.25) is 0 Å². The zero-order valence-electron chi connectivity index (χ0n) is 13.2. The summed E-state index contributed by atoms with van der Waals surface area (Å²) in [6.07, 6.45) is 3.83. The van der Waals surface area contributed by atoms with E-state index in [2.05, 4.69) is 39.8 Å². The van der Waals surface area contributed by atoms with Crippen molar-refractivity contribution in [1.29, 1.82) is 0 Å². The van der Waals surface area contributed by atoms with E-state index in [1.54, 1.807) is 0 Å². The van der Waals surface area contributed by atoms with Crippen molar-refractivity contribution in [2.75, 3.05) is 0 Å². The molecule has 0 bridgehead atoms. The van der Waals surface area contributed by atoms with Gasteiger partial charge in [0.1, 0.15) is 11.9 Å². The molecule has 1 N–H and O–H groups in total. The summed E-state index contributed by atoms with van der Waals surface area (Å²) < 4.78 is 6.02. The Labute approximate surface area is 123 Å². The smallest absolute Gasteiger partial charge is 0.125 e. The third-order valence-electron chi connectivity index (χ3n) is 4.81. The lowest BCUT2D eigenvalue weighted by Gasteiger charge is -2.40. The van der Waals surface area contributed by atoms with Crippen LogP contribution >= 0.6 is 0 Å². The van der Waals surface area contributed by atoms with Crippen molar-refractivity contribution in [2.24, 2.45) is 5.41 Å². The molecule has 2 nitrogen and oxygen atoms in total. The number of aliphatic hydroxyl groups is 1. The van der Waals surface area contributed by atoms with Crippen molar-refractivity contribution >= 4 is 0 Å². The normalized spacial score (nSPS) is 27.1. The summed E-state index contributed by atoms with van der Waals surface area (Å²) in [5, 5.41) is 10.4. The van der Waals surface area contributed by atoms with Crippen LogP contribution in [0, 0.1) is 5.41 Å². The van der Waals surface area contributed by atoms with Gasteiger partial charge in [0.25, 0.3) is 0 Å². The Morgan fingerprint density at radius 2 is 1.95 bits per heavy atom. The van der Waals surface area contributed by atoms with Gasteiger partial charge in [0.2, 0.25) is 0 Å². The molecule has 1 aliphatic carbocycles.